The average molecular weight is 448 g/mol. The van der Waals surface area contributed by atoms with E-state index >= 15 is 0 Å². The predicted octanol–water partition coefficient (Wildman–Crippen LogP) is 1.26. The van der Waals surface area contributed by atoms with E-state index in [-0.39, 0.29) is 25.0 Å². The Balaban J connectivity index is 1.54. The number of aromatic nitrogens is 2. The van der Waals surface area contributed by atoms with Crippen LogP contribution in [-0.4, -0.2) is 73.0 Å². The Hall–Kier alpha value is -3.41. The van der Waals surface area contributed by atoms with Gasteiger partial charge in [0.05, 0.1) is 31.5 Å². The Morgan fingerprint density at radius 1 is 1.28 bits per heavy atom. The summed E-state index contributed by atoms with van der Waals surface area (Å²) in [5.74, 6) is 0.220. The maximum atomic E-state index is 13.4. The van der Waals surface area contributed by atoms with Gasteiger partial charge in [0.15, 0.2) is 5.82 Å². The number of halogens is 2. The minimum Gasteiger partial charge on any atom is -0.447 e. The summed E-state index contributed by atoms with van der Waals surface area (Å²) >= 11 is 0. The zero-order valence-electron chi connectivity index (χ0n) is 17.0. The minimum absolute atomic E-state index is 0.00378. The summed E-state index contributed by atoms with van der Waals surface area (Å²) in [5.41, 5.74) is 7.61. The number of nitrogens with two attached hydrogens (primary N) is 1. The van der Waals surface area contributed by atoms with Gasteiger partial charge in [-0.3, -0.25) is 4.79 Å². The number of hydrogen-bond acceptors (Lipinski definition) is 7. The third kappa shape index (κ3) is 3.49. The highest BCUT2D eigenvalue weighted by molar-refractivity contribution is 5.90. The van der Waals surface area contributed by atoms with Crippen LogP contribution < -0.4 is 20.9 Å². The van der Waals surface area contributed by atoms with Gasteiger partial charge in [0.2, 0.25) is 5.91 Å². The molecule has 2 fully saturated rings. The molecule has 10 nitrogen and oxygen atoms in total. The molecule has 1 aromatic carbocycles. The number of benzene rings is 1. The lowest BCUT2D eigenvalue weighted by atomic mass is 10.1. The van der Waals surface area contributed by atoms with E-state index in [0.29, 0.717) is 37.8 Å². The van der Waals surface area contributed by atoms with Gasteiger partial charge in [0.25, 0.3) is 6.43 Å². The first-order valence-corrected chi connectivity index (χ1v) is 10.2. The molecule has 0 saturated carbocycles. The second-order valence-electron chi connectivity index (χ2n) is 7.90. The maximum absolute atomic E-state index is 13.4. The molecule has 170 valence electrons. The smallest absolute Gasteiger partial charge is 0.416 e. The topological polar surface area (TPSA) is 115 Å². The van der Waals surface area contributed by atoms with Crippen molar-refractivity contribution in [3.05, 3.63) is 24.4 Å². The first-order chi connectivity index (χ1) is 15.4. The third-order valence-corrected chi connectivity index (χ3v) is 5.87. The standard InChI is InChI=1S/C20H22F2N6O4/c21-18(22)15-10-32-20(30)28(15)17-7-26-3-4-27(12-8-31-9-12)14-5-11(24-6-16(23)29)1-2-13(14)19(26)25-17/h1-2,5,7,12,15,18,24H,3-4,6,8-10H2,(H2,23,29). The molecule has 4 heterocycles. The summed E-state index contributed by atoms with van der Waals surface area (Å²) in [6.07, 6.45) is -1.97. The van der Waals surface area contributed by atoms with Gasteiger partial charge in [-0.25, -0.2) is 23.5 Å². The fraction of sp³-hybridized carbons (Fsp3) is 0.450. The quantitative estimate of drug-likeness (QED) is 0.684. The summed E-state index contributed by atoms with van der Waals surface area (Å²) in [4.78, 5) is 31.0. The highest BCUT2D eigenvalue weighted by Gasteiger charge is 2.42. The van der Waals surface area contributed by atoms with Crippen LogP contribution in [0.25, 0.3) is 11.4 Å². The van der Waals surface area contributed by atoms with Gasteiger partial charge >= 0.3 is 6.09 Å². The van der Waals surface area contributed by atoms with Gasteiger partial charge in [-0.2, -0.15) is 0 Å². The normalized spacial score (nSPS) is 20.5. The van der Waals surface area contributed by atoms with E-state index in [2.05, 4.69) is 15.2 Å². The largest absolute Gasteiger partial charge is 0.447 e. The van der Waals surface area contributed by atoms with Crippen LogP contribution in [0.4, 0.5) is 30.8 Å². The Bertz CT molecular complexity index is 1060. The number of fused-ring (bicyclic) bond motifs is 3. The average Bonchev–Trinajstić information content (AvgIpc) is 3.27. The fourth-order valence-corrected chi connectivity index (χ4v) is 4.16. The third-order valence-electron chi connectivity index (χ3n) is 5.87. The molecule has 1 aromatic heterocycles. The van der Waals surface area contributed by atoms with Crippen LogP contribution >= 0.6 is 0 Å². The van der Waals surface area contributed by atoms with E-state index in [1.165, 1.54) is 0 Å². The van der Waals surface area contributed by atoms with Crippen LogP contribution in [0.1, 0.15) is 0 Å². The molecule has 0 bridgehead atoms. The number of rotatable bonds is 6. The number of carbonyl (C=O) groups excluding carboxylic acids is 2. The van der Waals surface area contributed by atoms with Crippen molar-refractivity contribution in [1.82, 2.24) is 9.55 Å². The van der Waals surface area contributed by atoms with Crippen LogP contribution in [0.3, 0.4) is 0 Å². The van der Waals surface area contributed by atoms with Crippen molar-refractivity contribution in [1.29, 1.82) is 0 Å². The van der Waals surface area contributed by atoms with Crippen molar-refractivity contribution in [3.63, 3.8) is 0 Å². The van der Waals surface area contributed by atoms with E-state index in [0.717, 1.165) is 16.2 Å². The number of alkyl halides is 2. The lowest BCUT2D eigenvalue weighted by Crippen LogP contribution is -2.50. The Morgan fingerprint density at radius 3 is 2.78 bits per heavy atom. The summed E-state index contributed by atoms with van der Waals surface area (Å²) < 4.78 is 38.9. The van der Waals surface area contributed by atoms with Gasteiger partial charge in [0, 0.05) is 30.5 Å². The van der Waals surface area contributed by atoms with Gasteiger partial charge in [-0.1, -0.05) is 0 Å². The molecule has 3 aliphatic heterocycles. The number of ether oxygens (including phenoxy) is 2. The van der Waals surface area contributed by atoms with E-state index in [9.17, 15) is 18.4 Å². The summed E-state index contributed by atoms with van der Waals surface area (Å²) in [6, 6.07) is 4.39. The number of nitrogens with zero attached hydrogens (tertiary/aromatic N) is 4. The van der Waals surface area contributed by atoms with Crippen LogP contribution in [-0.2, 0) is 20.8 Å². The fourth-order valence-electron chi connectivity index (χ4n) is 4.16. The monoisotopic (exact) mass is 448 g/mol. The van der Waals surface area contributed by atoms with E-state index in [4.69, 9.17) is 15.2 Å². The Morgan fingerprint density at radius 2 is 2.09 bits per heavy atom. The lowest BCUT2D eigenvalue weighted by Gasteiger charge is -2.39. The molecule has 5 rings (SSSR count). The molecule has 1 atom stereocenters. The molecule has 2 saturated heterocycles. The molecule has 2 aromatic rings. The van der Waals surface area contributed by atoms with Gasteiger partial charge in [-0.15, -0.1) is 0 Å². The molecular weight excluding hydrogens is 426 g/mol. The highest BCUT2D eigenvalue weighted by atomic mass is 19.3. The molecule has 0 radical (unpaired) electrons. The Labute approximate surface area is 181 Å². The molecule has 2 amide bonds. The van der Waals surface area contributed by atoms with E-state index < -0.39 is 24.5 Å². The van der Waals surface area contributed by atoms with Crippen molar-refractivity contribution >= 4 is 29.2 Å². The minimum atomic E-state index is -2.75. The second-order valence-corrected chi connectivity index (χ2v) is 7.90. The van der Waals surface area contributed by atoms with Crippen LogP contribution in [0.15, 0.2) is 24.4 Å². The lowest BCUT2D eigenvalue weighted by molar-refractivity contribution is -0.116. The zero-order chi connectivity index (χ0) is 22.4. The van der Waals surface area contributed by atoms with Crippen molar-refractivity contribution in [3.8, 4) is 11.4 Å². The number of anilines is 3. The van der Waals surface area contributed by atoms with Crippen LogP contribution in [0.2, 0.25) is 0 Å². The number of primary amides is 1. The number of carbonyl (C=O) groups is 2. The molecule has 32 heavy (non-hydrogen) atoms. The van der Waals surface area contributed by atoms with Gasteiger partial charge in [-0.05, 0) is 18.2 Å². The predicted molar refractivity (Wildman–Crippen MR) is 111 cm³/mol. The molecule has 0 spiro atoms. The summed E-state index contributed by atoms with van der Waals surface area (Å²) in [6.45, 7) is 1.99. The molecule has 0 aliphatic carbocycles. The van der Waals surface area contributed by atoms with Crippen LogP contribution in [0, 0.1) is 0 Å². The van der Waals surface area contributed by atoms with Crippen molar-refractivity contribution in [2.45, 2.75) is 25.1 Å². The van der Waals surface area contributed by atoms with Crippen LogP contribution in [0.5, 0.6) is 0 Å². The zero-order valence-corrected chi connectivity index (χ0v) is 17.0. The summed E-state index contributed by atoms with van der Waals surface area (Å²) in [5, 5.41) is 3.00. The van der Waals surface area contributed by atoms with Crippen molar-refractivity contribution < 1.29 is 27.8 Å². The number of amides is 2. The first-order valence-electron chi connectivity index (χ1n) is 10.2. The van der Waals surface area contributed by atoms with Gasteiger partial charge in [0.1, 0.15) is 18.5 Å². The second kappa shape index (κ2) is 7.93. The molecule has 3 N–H and O–H groups in total. The molecule has 3 aliphatic rings. The van der Waals surface area contributed by atoms with E-state index in [1.54, 1.807) is 12.3 Å². The first kappa shape index (κ1) is 20.5. The maximum Gasteiger partial charge on any atom is 0.416 e. The Kier molecular flexibility index (Phi) is 5.08. The van der Waals surface area contributed by atoms with E-state index in [1.807, 2.05) is 16.7 Å². The number of cyclic esters (lactones) is 1. The van der Waals surface area contributed by atoms with Crippen molar-refractivity contribution in [2.24, 2.45) is 5.73 Å². The number of imidazole rings is 1. The molecule has 1 unspecified atom stereocenters. The molecule has 12 heteroatoms. The highest BCUT2D eigenvalue weighted by Crippen LogP contribution is 2.39. The summed E-state index contributed by atoms with van der Waals surface area (Å²) in [7, 11) is 0. The van der Waals surface area contributed by atoms with Gasteiger partial charge < -0.3 is 30.0 Å². The number of nitrogens with one attached hydrogen (secondary N) is 1. The molecular formula is C20H22F2N6O4. The SMILES string of the molecule is NC(=O)CNc1ccc2c(c1)N(C1COC1)CCn1cc(N3C(=O)OCC3C(F)F)nc1-2. The van der Waals surface area contributed by atoms with Crippen molar-refractivity contribution in [2.75, 3.05) is 48.0 Å². The number of hydrogen-bond donors (Lipinski definition) is 2.